The smallest absolute Gasteiger partial charge is 0.173 e. The lowest BCUT2D eigenvalue weighted by Crippen LogP contribution is -2.57. The van der Waals surface area contributed by atoms with Gasteiger partial charge in [0.25, 0.3) is 0 Å². The van der Waals surface area contributed by atoms with E-state index in [0.717, 1.165) is 17.2 Å². The number of carbonyl (C=O) groups excluding carboxylic acids is 1. The molecule has 3 aliphatic heterocycles. The SMILES string of the molecule is O=C(CC1C2CCN(CC2)C12CC2)c1cc2ccccc2s1. The molecule has 2 nitrogen and oxygen atoms in total. The predicted molar refractivity (Wildman–Crippen MR) is 90.5 cm³/mol. The number of fused-ring (bicyclic) bond motifs is 3. The van der Waals surface area contributed by atoms with Gasteiger partial charge in [-0.1, -0.05) is 18.2 Å². The van der Waals surface area contributed by atoms with Crippen molar-refractivity contribution in [2.45, 2.75) is 37.6 Å². The van der Waals surface area contributed by atoms with Crippen molar-refractivity contribution < 1.29 is 4.79 Å². The van der Waals surface area contributed by atoms with E-state index in [1.54, 1.807) is 11.3 Å². The van der Waals surface area contributed by atoms with Crippen LogP contribution in [0.15, 0.2) is 30.3 Å². The number of thiophene rings is 1. The Morgan fingerprint density at radius 1 is 1.23 bits per heavy atom. The Hall–Kier alpha value is -1.19. The fraction of sp³-hybridized carbons (Fsp3) is 0.526. The molecule has 2 aromatic rings. The lowest BCUT2D eigenvalue weighted by atomic mass is 9.70. The molecule has 0 radical (unpaired) electrons. The second-order valence-corrected chi connectivity index (χ2v) is 8.39. The second kappa shape index (κ2) is 4.65. The summed E-state index contributed by atoms with van der Waals surface area (Å²) in [5.41, 5.74) is 0.424. The summed E-state index contributed by atoms with van der Waals surface area (Å²) in [4.78, 5) is 16.5. The predicted octanol–water partition coefficient (Wildman–Crippen LogP) is 4.35. The first-order valence-corrected chi connectivity index (χ1v) is 9.35. The molecule has 1 atom stereocenters. The maximum absolute atomic E-state index is 12.9. The van der Waals surface area contributed by atoms with E-state index in [0.29, 0.717) is 17.2 Å². The highest BCUT2D eigenvalue weighted by atomic mass is 32.1. The largest absolute Gasteiger partial charge is 0.297 e. The fourth-order valence-corrected chi connectivity index (χ4v) is 6.02. The van der Waals surface area contributed by atoms with Crippen LogP contribution in [-0.4, -0.2) is 29.3 Å². The number of nitrogens with zero attached hydrogens (tertiary/aromatic N) is 1. The van der Waals surface area contributed by atoms with Gasteiger partial charge in [0, 0.05) is 16.7 Å². The molecule has 0 amide bonds. The van der Waals surface area contributed by atoms with Gasteiger partial charge >= 0.3 is 0 Å². The Balaban J connectivity index is 1.42. The quantitative estimate of drug-likeness (QED) is 0.786. The first-order valence-electron chi connectivity index (χ1n) is 8.53. The minimum Gasteiger partial charge on any atom is -0.297 e. The van der Waals surface area contributed by atoms with E-state index < -0.39 is 0 Å². The van der Waals surface area contributed by atoms with E-state index in [1.807, 2.05) is 0 Å². The maximum Gasteiger partial charge on any atom is 0.173 e. The second-order valence-electron chi connectivity index (χ2n) is 7.31. The average Bonchev–Trinajstić information content (AvgIpc) is 3.20. The van der Waals surface area contributed by atoms with Crippen LogP contribution >= 0.6 is 11.3 Å². The molecule has 0 N–H and O–H groups in total. The van der Waals surface area contributed by atoms with Gasteiger partial charge in [-0.2, -0.15) is 0 Å². The van der Waals surface area contributed by atoms with Gasteiger partial charge in [0.15, 0.2) is 5.78 Å². The van der Waals surface area contributed by atoms with Crippen LogP contribution in [0.4, 0.5) is 0 Å². The molecule has 4 aliphatic rings. The van der Waals surface area contributed by atoms with Crippen LogP contribution < -0.4 is 0 Å². The molecule has 6 rings (SSSR count). The maximum atomic E-state index is 12.9. The zero-order valence-electron chi connectivity index (χ0n) is 12.8. The molecule has 1 spiro atoms. The molecule has 1 aromatic carbocycles. The van der Waals surface area contributed by atoms with Crippen molar-refractivity contribution in [3.8, 4) is 0 Å². The number of Topliss-reactive ketones (excluding diaryl/α,β-unsaturated/α-hetero) is 1. The molecule has 4 fully saturated rings. The summed E-state index contributed by atoms with van der Waals surface area (Å²) in [6.45, 7) is 2.55. The summed E-state index contributed by atoms with van der Waals surface area (Å²) in [5.74, 6) is 1.80. The van der Waals surface area contributed by atoms with Crippen molar-refractivity contribution in [3.63, 3.8) is 0 Å². The summed E-state index contributed by atoms with van der Waals surface area (Å²) >= 11 is 1.67. The Kier molecular flexibility index (Phi) is 2.81. The third-order valence-electron chi connectivity index (χ3n) is 6.30. The molecule has 114 valence electrons. The Labute approximate surface area is 135 Å². The topological polar surface area (TPSA) is 20.3 Å². The van der Waals surface area contributed by atoms with Crippen LogP contribution in [0.1, 0.15) is 41.8 Å². The van der Waals surface area contributed by atoms with Crippen molar-refractivity contribution in [2.24, 2.45) is 11.8 Å². The zero-order valence-corrected chi connectivity index (χ0v) is 13.6. The van der Waals surface area contributed by atoms with Crippen LogP contribution in [0.3, 0.4) is 0 Å². The Bertz CT molecular complexity index is 704. The van der Waals surface area contributed by atoms with Crippen LogP contribution in [0.25, 0.3) is 10.1 Å². The highest BCUT2D eigenvalue weighted by molar-refractivity contribution is 7.20. The number of hydrogen-bond donors (Lipinski definition) is 0. The Morgan fingerprint density at radius 3 is 2.73 bits per heavy atom. The van der Waals surface area contributed by atoms with Gasteiger partial charge in [-0.05, 0) is 68.1 Å². The van der Waals surface area contributed by atoms with E-state index in [4.69, 9.17) is 0 Å². The van der Waals surface area contributed by atoms with Gasteiger partial charge in [0.1, 0.15) is 0 Å². The molecule has 1 unspecified atom stereocenters. The number of hydrogen-bond acceptors (Lipinski definition) is 3. The number of rotatable bonds is 3. The van der Waals surface area contributed by atoms with Crippen molar-refractivity contribution in [2.75, 3.05) is 13.1 Å². The lowest BCUT2D eigenvalue weighted by Gasteiger charge is -2.52. The van der Waals surface area contributed by atoms with Crippen LogP contribution in [0.5, 0.6) is 0 Å². The van der Waals surface area contributed by atoms with E-state index in [1.165, 1.54) is 48.9 Å². The van der Waals surface area contributed by atoms with Gasteiger partial charge in [0.05, 0.1) is 4.88 Å². The van der Waals surface area contributed by atoms with Gasteiger partial charge in [-0.3, -0.25) is 9.69 Å². The molecular weight excluding hydrogens is 290 g/mol. The van der Waals surface area contributed by atoms with Gasteiger partial charge in [-0.15, -0.1) is 11.3 Å². The van der Waals surface area contributed by atoms with E-state index in [9.17, 15) is 4.79 Å². The molecule has 1 aromatic heterocycles. The molecule has 2 bridgehead atoms. The van der Waals surface area contributed by atoms with Crippen LogP contribution in [0.2, 0.25) is 0 Å². The average molecular weight is 311 g/mol. The van der Waals surface area contributed by atoms with Crippen molar-refractivity contribution in [3.05, 3.63) is 35.2 Å². The minimum absolute atomic E-state index is 0.381. The van der Waals surface area contributed by atoms with Crippen molar-refractivity contribution >= 4 is 27.2 Å². The summed E-state index contributed by atoms with van der Waals surface area (Å²) < 4.78 is 1.24. The number of piperidine rings is 3. The van der Waals surface area contributed by atoms with Crippen LogP contribution in [0, 0.1) is 11.8 Å². The monoisotopic (exact) mass is 311 g/mol. The molecule has 4 heterocycles. The van der Waals surface area contributed by atoms with E-state index >= 15 is 0 Å². The zero-order chi connectivity index (χ0) is 14.7. The fourth-order valence-electron chi connectivity index (χ4n) is 5.01. The number of carbonyl (C=O) groups is 1. The molecule has 22 heavy (non-hydrogen) atoms. The standard InChI is InChI=1S/C19H21NOS/c21-16(18-11-14-3-1-2-4-17(14)22-18)12-15-13-5-9-20(10-6-13)19(15)7-8-19/h1-4,11,13,15H,5-10,12H2. The van der Waals surface area contributed by atoms with Gasteiger partial charge in [0.2, 0.25) is 0 Å². The highest BCUT2D eigenvalue weighted by Gasteiger charge is 2.60. The minimum atomic E-state index is 0.381. The van der Waals surface area contributed by atoms with Crippen molar-refractivity contribution in [1.29, 1.82) is 0 Å². The highest BCUT2D eigenvalue weighted by Crippen LogP contribution is 2.58. The van der Waals surface area contributed by atoms with E-state index in [-0.39, 0.29) is 0 Å². The van der Waals surface area contributed by atoms with Crippen molar-refractivity contribution in [1.82, 2.24) is 4.90 Å². The normalized spacial score (nSPS) is 31.7. The molecular formula is C19H21NOS. The lowest BCUT2D eigenvalue weighted by molar-refractivity contribution is -0.0273. The summed E-state index contributed by atoms with van der Waals surface area (Å²) in [6, 6.07) is 10.4. The van der Waals surface area contributed by atoms with Gasteiger partial charge < -0.3 is 0 Å². The third kappa shape index (κ3) is 1.85. The summed E-state index contributed by atoms with van der Waals surface area (Å²) in [5, 5.41) is 1.21. The molecule has 1 aliphatic carbocycles. The third-order valence-corrected chi connectivity index (χ3v) is 7.45. The first-order chi connectivity index (χ1) is 10.8. The van der Waals surface area contributed by atoms with Gasteiger partial charge in [-0.25, -0.2) is 0 Å². The molecule has 1 saturated carbocycles. The number of benzene rings is 1. The summed E-state index contributed by atoms with van der Waals surface area (Å²) in [6.07, 6.45) is 6.05. The van der Waals surface area contributed by atoms with E-state index in [2.05, 4.69) is 35.2 Å². The molecule has 3 heteroatoms. The number of ketones is 1. The Morgan fingerprint density at radius 2 is 2.00 bits per heavy atom. The molecule has 3 saturated heterocycles. The first kappa shape index (κ1) is 13.3. The van der Waals surface area contributed by atoms with Crippen LogP contribution in [-0.2, 0) is 0 Å². The summed E-state index contributed by atoms with van der Waals surface area (Å²) in [7, 11) is 0.